The Balaban J connectivity index is 2.54. The maximum absolute atomic E-state index is 12.0. The van der Waals surface area contributed by atoms with E-state index in [-0.39, 0.29) is 6.09 Å². The number of piperidine rings is 1. The maximum atomic E-state index is 12.0. The minimum atomic E-state index is -0.795. The molecule has 1 aliphatic heterocycles. The van der Waals surface area contributed by atoms with Gasteiger partial charge in [-0.15, -0.1) is 0 Å². The SMILES string of the molecule is CCCOCCC1(C(=O)O)CCN(C(=O)OC(C)(C)C)CC1. The van der Waals surface area contributed by atoms with Crippen molar-refractivity contribution in [3.05, 3.63) is 0 Å². The quantitative estimate of drug-likeness (QED) is 0.763. The molecule has 0 radical (unpaired) electrons. The molecule has 0 unspecified atom stereocenters. The molecule has 22 heavy (non-hydrogen) atoms. The van der Waals surface area contributed by atoms with E-state index in [0.717, 1.165) is 6.42 Å². The summed E-state index contributed by atoms with van der Waals surface area (Å²) in [5.41, 5.74) is -1.32. The van der Waals surface area contributed by atoms with Crippen molar-refractivity contribution in [3.63, 3.8) is 0 Å². The average molecular weight is 315 g/mol. The largest absolute Gasteiger partial charge is 0.481 e. The Labute approximate surface area is 132 Å². The van der Waals surface area contributed by atoms with Crippen LogP contribution in [-0.4, -0.2) is 54.0 Å². The molecule has 1 amide bonds. The smallest absolute Gasteiger partial charge is 0.410 e. The third kappa shape index (κ3) is 5.48. The van der Waals surface area contributed by atoms with E-state index in [0.29, 0.717) is 45.6 Å². The highest BCUT2D eigenvalue weighted by molar-refractivity contribution is 5.75. The maximum Gasteiger partial charge on any atom is 0.410 e. The number of hydrogen-bond acceptors (Lipinski definition) is 4. The van der Waals surface area contributed by atoms with Crippen molar-refractivity contribution in [1.82, 2.24) is 4.90 Å². The van der Waals surface area contributed by atoms with E-state index >= 15 is 0 Å². The Hall–Kier alpha value is -1.30. The van der Waals surface area contributed by atoms with E-state index in [1.54, 1.807) is 4.90 Å². The zero-order chi connectivity index (χ0) is 16.8. The number of amides is 1. The minimum Gasteiger partial charge on any atom is -0.481 e. The molecule has 0 saturated carbocycles. The summed E-state index contributed by atoms with van der Waals surface area (Å²) in [4.78, 5) is 25.3. The Bertz CT molecular complexity index is 380. The predicted octanol–water partition coefficient (Wildman–Crippen LogP) is 2.91. The molecule has 0 atom stereocenters. The molecule has 1 rings (SSSR count). The molecule has 1 aliphatic rings. The number of rotatable bonds is 6. The second-order valence-electron chi connectivity index (χ2n) is 6.92. The van der Waals surface area contributed by atoms with Crippen LogP contribution in [0.2, 0.25) is 0 Å². The van der Waals surface area contributed by atoms with Gasteiger partial charge in [0.1, 0.15) is 5.60 Å². The van der Waals surface area contributed by atoms with Crippen molar-refractivity contribution < 1.29 is 24.2 Å². The lowest BCUT2D eigenvalue weighted by Crippen LogP contribution is -2.48. The van der Waals surface area contributed by atoms with Crippen molar-refractivity contribution in [2.24, 2.45) is 5.41 Å². The molecule has 1 heterocycles. The first kappa shape index (κ1) is 18.7. The van der Waals surface area contributed by atoms with Crippen LogP contribution in [0.15, 0.2) is 0 Å². The molecule has 1 saturated heterocycles. The Morgan fingerprint density at radius 3 is 2.23 bits per heavy atom. The number of nitrogens with zero attached hydrogens (tertiary/aromatic N) is 1. The van der Waals surface area contributed by atoms with Crippen molar-refractivity contribution >= 4 is 12.1 Å². The summed E-state index contributed by atoms with van der Waals surface area (Å²) < 4.78 is 10.8. The van der Waals surface area contributed by atoms with Crippen molar-refractivity contribution in [2.45, 2.75) is 59.0 Å². The number of carboxylic acids is 1. The number of carbonyl (C=O) groups is 2. The topological polar surface area (TPSA) is 76.1 Å². The number of ether oxygens (including phenoxy) is 2. The fourth-order valence-corrected chi connectivity index (χ4v) is 2.53. The number of aliphatic carboxylic acids is 1. The highest BCUT2D eigenvalue weighted by Crippen LogP contribution is 2.36. The second-order valence-corrected chi connectivity index (χ2v) is 6.92. The van der Waals surface area contributed by atoms with Gasteiger partial charge in [0.15, 0.2) is 0 Å². The van der Waals surface area contributed by atoms with Gasteiger partial charge in [-0.3, -0.25) is 4.79 Å². The van der Waals surface area contributed by atoms with Gasteiger partial charge in [0.05, 0.1) is 5.41 Å². The van der Waals surface area contributed by atoms with Gasteiger partial charge in [0.2, 0.25) is 0 Å². The van der Waals surface area contributed by atoms with Gasteiger partial charge >= 0.3 is 12.1 Å². The molecule has 1 fully saturated rings. The number of hydrogen-bond donors (Lipinski definition) is 1. The van der Waals surface area contributed by atoms with Gasteiger partial charge in [-0.05, 0) is 46.5 Å². The summed E-state index contributed by atoms with van der Waals surface area (Å²) >= 11 is 0. The monoisotopic (exact) mass is 315 g/mol. The lowest BCUT2D eigenvalue weighted by atomic mass is 9.76. The molecule has 0 bridgehead atoms. The van der Waals surface area contributed by atoms with Gasteiger partial charge in [-0.25, -0.2) is 4.79 Å². The van der Waals surface area contributed by atoms with Crippen LogP contribution in [0.3, 0.4) is 0 Å². The molecule has 0 aromatic carbocycles. The van der Waals surface area contributed by atoms with Gasteiger partial charge < -0.3 is 19.5 Å². The van der Waals surface area contributed by atoms with Gasteiger partial charge in [0.25, 0.3) is 0 Å². The summed E-state index contributed by atoms with van der Waals surface area (Å²) in [6.45, 7) is 9.41. The minimum absolute atomic E-state index is 0.367. The third-order valence-electron chi connectivity index (χ3n) is 3.90. The summed E-state index contributed by atoms with van der Waals surface area (Å²) in [7, 11) is 0. The zero-order valence-corrected chi connectivity index (χ0v) is 14.2. The normalized spacial score (nSPS) is 18.1. The molecule has 0 spiro atoms. The van der Waals surface area contributed by atoms with Crippen LogP contribution in [0.25, 0.3) is 0 Å². The fourth-order valence-electron chi connectivity index (χ4n) is 2.53. The molecular weight excluding hydrogens is 286 g/mol. The van der Waals surface area contributed by atoms with Gasteiger partial charge in [0, 0.05) is 26.3 Å². The number of likely N-dealkylation sites (tertiary alicyclic amines) is 1. The summed E-state index contributed by atoms with van der Waals surface area (Å²) in [5.74, 6) is -0.795. The average Bonchev–Trinajstić information content (AvgIpc) is 2.42. The van der Waals surface area contributed by atoms with Gasteiger partial charge in [-0.2, -0.15) is 0 Å². The lowest BCUT2D eigenvalue weighted by Gasteiger charge is -2.39. The predicted molar refractivity (Wildman–Crippen MR) is 82.8 cm³/mol. The summed E-state index contributed by atoms with van der Waals surface area (Å²) in [6, 6.07) is 0. The highest BCUT2D eigenvalue weighted by Gasteiger charge is 2.42. The number of carboxylic acid groups (broad SMARTS) is 1. The Morgan fingerprint density at radius 1 is 1.18 bits per heavy atom. The Kier molecular flexibility index (Phi) is 6.66. The highest BCUT2D eigenvalue weighted by atomic mass is 16.6. The van der Waals surface area contributed by atoms with Crippen LogP contribution >= 0.6 is 0 Å². The van der Waals surface area contributed by atoms with Crippen LogP contribution in [0.4, 0.5) is 4.79 Å². The van der Waals surface area contributed by atoms with Crippen LogP contribution in [0.5, 0.6) is 0 Å². The Morgan fingerprint density at radius 2 is 1.77 bits per heavy atom. The molecule has 1 N–H and O–H groups in total. The van der Waals surface area contributed by atoms with Crippen molar-refractivity contribution in [3.8, 4) is 0 Å². The van der Waals surface area contributed by atoms with Crippen LogP contribution < -0.4 is 0 Å². The van der Waals surface area contributed by atoms with Crippen LogP contribution in [0.1, 0.15) is 53.4 Å². The molecule has 0 aromatic heterocycles. The first-order chi connectivity index (χ1) is 10.2. The van der Waals surface area contributed by atoms with Crippen molar-refractivity contribution in [2.75, 3.05) is 26.3 Å². The molecular formula is C16H29NO5. The molecule has 128 valence electrons. The van der Waals surface area contributed by atoms with E-state index in [9.17, 15) is 14.7 Å². The molecule has 6 heteroatoms. The standard InChI is InChI=1S/C16H29NO5/c1-5-11-21-12-8-16(13(18)19)6-9-17(10-7-16)14(20)22-15(2,3)4/h5-12H2,1-4H3,(H,18,19). The molecule has 6 nitrogen and oxygen atoms in total. The second kappa shape index (κ2) is 7.81. The van der Waals surface area contributed by atoms with Crippen molar-refractivity contribution in [1.29, 1.82) is 0 Å². The summed E-state index contributed by atoms with van der Waals surface area (Å²) in [6.07, 6.45) is 1.93. The fraction of sp³-hybridized carbons (Fsp3) is 0.875. The summed E-state index contributed by atoms with van der Waals surface area (Å²) in [5, 5.41) is 9.57. The van der Waals surface area contributed by atoms with E-state index < -0.39 is 17.0 Å². The van der Waals surface area contributed by atoms with Crippen LogP contribution in [-0.2, 0) is 14.3 Å². The number of carbonyl (C=O) groups excluding carboxylic acids is 1. The third-order valence-corrected chi connectivity index (χ3v) is 3.90. The molecule has 0 aliphatic carbocycles. The van der Waals surface area contributed by atoms with E-state index in [1.807, 2.05) is 27.7 Å². The first-order valence-electron chi connectivity index (χ1n) is 7.99. The lowest BCUT2D eigenvalue weighted by molar-refractivity contribution is -0.153. The van der Waals surface area contributed by atoms with Gasteiger partial charge in [-0.1, -0.05) is 6.92 Å². The first-order valence-corrected chi connectivity index (χ1v) is 7.99. The zero-order valence-electron chi connectivity index (χ0n) is 14.2. The van der Waals surface area contributed by atoms with E-state index in [2.05, 4.69) is 0 Å². The van der Waals surface area contributed by atoms with E-state index in [1.165, 1.54) is 0 Å². The van der Waals surface area contributed by atoms with Crippen LogP contribution in [0, 0.1) is 5.41 Å². The van der Waals surface area contributed by atoms with E-state index in [4.69, 9.17) is 9.47 Å². The molecule has 0 aromatic rings.